The van der Waals surface area contributed by atoms with E-state index in [0.717, 1.165) is 6.42 Å². The molecule has 0 saturated carbocycles. The molecule has 0 fully saturated rings. The first-order chi connectivity index (χ1) is 4.54. The van der Waals surface area contributed by atoms with Crippen molar-refractivity contribution >= 4 is 11.6 Å². The zero-order chi connectivity index (χ0) is 8.57. The molecular weight excluding hydrogens is 152 g/mol. The van der Waals surface area contributed by atoms with Crippen molar-refractivity contribution in [1.29, 1.82) is 0 Å². The molecule has 0 aliphatic heterocycles. The summed E-state index contributed by atoms with van der Waals surface area (Å²) in [5.41, 5.74) is 10.1. The molecule has 64 valence electrons. The van der Waals surface area contributed by atoms with Crippen molar-refractivity contribution in [2.24, 2.45) is 11.5 Å². The molecule has 0 heterocycles. The topological polar surface area (TPSA) is 72.3 Å². The third kappa shape index (κ3) is 24.2. The molecule has 5 N–H and O–H groups in total. The highest BCUT2D eigenvalue weighted by molar-refractivity contribution is 6.18. The molecule has 1 atom stereocenters. The Bertz CT molecular complexity index is 51.7. The fourth-order valence-electron chi connectivity index (χ4n) is 0. The number of rotatable bonds is 2. The predicted octanol–water partition coefficient (Wildman–Crippen LogP) is 0.246. The van der Waals surface area contributed by atoms with E-state index in [1.165, 1.54) is 0 Å². The van der Waals surface area contributed by atoms with Crippen molar-refractivity contribution in [2.75, 3.05) is 5.88 Å². The summed E-state index contributed by atoms with van der Waals surface area (Å²) in [6, 6.07) is 0. The second kappa shape index (κ2) is 9.17. The van der Waals surface area contributed by atoms with Crippen LogP contribution in [0.25, 0.3) is 0 Å². The Morgan fingerprint density at radius 2 is 1.70 bits per heavy atom. The van der Waals surface area contributed by atoms with E-state index < -0.39 is 0 Å². The highest BCUT2D eigenvalue weighted by Gasteiger charge is 1.84. The van der Waals surface area contributed by atoms with Crippen LogP contribution >= 0.6 is 11.6 Å². The van der Waals surface area contributed by atoms with Crippen molar-refractivity contribution in [1.82, 2.24) is 0 Å². The van der Waals surface area contributed by atoms with Crippen LogP contribution in [0.2, 0.25) is 0 Å². The Morgan fingerprint density at radius 3 is 1.70 bits per heavy atom. The lowest BCUT2D eigenvalue weighted by Gasteiger charge is -1.92. The van der Waals surface area contributed by atoms with Crippen molar-refractivity contribution < 1.29 is 5.11 Å². The smallest absolute Gasteiger partial charge is 0.0647 e. The summed E-state index contributed by atoms with van der Waals surface area (Å²) < 4.78 is 0. The van der Waals surface area contributed by atoms with E-state index in [2.05, 4.69) is 0 Å². The van der Waals surface area contributed by atoms with Crippen LogP contribution in [0.4, 0.5) is 0 Å². The summed E-state index contributed by atoms with van der Waals surface area (Å²) in [6.45, 7) is 3.59. The molecule has 1 unspecified atom stereocenters. The largest absolute Gasteiger partial charge is 0.392 e. The van der Waals surface area contributed by atoms with Crippen molar-refractivity contribution in [3.8, 4) is 0 Å². The number of nitrogens with two attached hydrogens (primary N) is 2. The van der Waals surface area contributed by atoms with Crippen LogP contribution in [0.3, 0.4) is 0 Å². The van der Waals surface area contributed by atoms with Gasteiger partial charge < -0.3 is 16.6 Å². The normalized spacial score (nSPS) is 12.3. The van der Waals surface area contributed by atoms with Gasteiger partial charge in [0.2, 0.25) is 0 Å². The van der Waals surface area contributed by atoms with Gasteiger partial charge >= 0.3 is 0 Å². The Balaban J connectivity index is 0. The van der Waals surface area contributed by atoms with Crippen LogP contribution in [0.15, 0.2) is 0 Å². The first kappa shape index (κ1) is 12.8. The van der Waals surface area contributed by atoms with Gasteiger partial charge in [0.1, 0.15) is 0 Å². The maximum atomic E-state index is 8.23. The molecule has 10 heavy (non-hydrogen) atoms. The molecule has 0 rings (SSSR count). The number of aliphatic hydroxyl groups excluding tert-OH is 1. The summed E-state index contributed by atoms with van der Waals surface area (Å²) in [5.74, 6) is 0.333. The number of alkyl halides is 1. The van der Waals surface area contributed by atoms with Gasteiger partial charge in [-0.3, -0.25) is 0 Å². The van der Waals surface area contributed by atoms with Crippen molar-refractivity contribution in [3.63, 3.8) is 0 Å². The van der Waals surface area contributed by atoms with Crippen LogP contribution in [0.1, 0.15) is 20.3 Å². The highest BCUT2D eigenvalue weighted by atomic mass is 35.5. The van der Waals surface area contributed by atoms with E-state index in [1.54, 1.807) is 6.92 Å². The van der Waals surface area contributed by atoms with Gasteiger partial charge in [-0.2, -0.15) is 0 Å². The quantitative estimate of drug-likeness (QED) is 0.409. The third-order valence-corrected chi connectivity index (χ3v) is 1.14. The average Bonchev–Trinajstić information content (AvgIpc) is 1.89. The van der Waals surface area contributed by atoms with Gasteiger partial charge in [0.05, 0.1) is 12.3 Å². The fourth-order valence-corrected chi connectivity index (χ4v) is 0. The van der Waals surface area contributed by atoms with Crippen LogP contribution in [0.5, 0.6) is 0 Å². The Morgan fingerprint density at radius 1 is 1.50 bits per heavy atom. The Hall–Kier alpha value is 0.170. The molecule has 0 saturated heterocycles. The van der Waals surface area contributed by atoms with E-state index in [9.17, 15) is 0 Å². The number of hydrogen-bond acceptors (Lipinski definition) is 3. The van der Waals surface area contributed by atoms with Crippen LogP contribution in [0, 0.1) is 0 Å². The minimum atomic E-state index is -0.350. The molecule has 0 aromatic rings. The van der Waals surface area contributed by atoms with Gasteiger partial charge in [0, 0.05) is 5.88 Å². The first-order valence-electron chi connectivity index (χ1n) is 3.29. The standard InChI is InChI=1S/C3H7ClO.C3H10N2/c1-3(5)2-4;1-2-3(4)5/h3,5H,2H2,1H3;3H,2,4-5H2,1H3. The van der Waals surface area contributed by atoms with Gasteiger partial charge in [0.15, 0.2) is 0 Å². The van der Waals surface area contributed by atoms with Gasteiger partial charge in [-0.25, -0.2) is 0 Å². The molecular formula is C6H17ClN2O. The second-order valence-electron chi connectivity index (χ2n) is 2.08. The van der Waals surface area contributed by atoms with Crippen LogP contribution < -0.4 is 11.5 Å². The predicted molar refractivity (Wildman–Crippen MR) is 44.9 cm³/mol. The SMILES string of the molecule is CC(O)CCl.CCC(N)N. The molecule has 0 aliphatic rings. The Kier molecular flexibility index (Phi) is 11.7. The lowest BCUT2D eigenvalue weighted by Crippen LogP contribution is -2.28. The maximum absolute atomic E-state index is 8.23. The molecule has 0 aliphatic carbocycles. The minimum absolute atomic E-state index is 0.116. The maximum Gasteiger partial charge on any atom is 0.0647 e. The zero-order valence-electron chi connectivity index (χ0n) is 6.55. The minimum Gasteiger partial charge on any atom is -0.392 e. The van der Waals surface area contributed by atoms with Crippen molar-refractivity contribution in [2.45, 2.75) is 32.5 Å². The average molecular weight is 169 g/mol. The zero-order valence-corrected chi connectivity index (χ0v) is 7.30. The number of aliphatic hydroxyl groups is 1. The second-order valence-corrected chi connectivity index (χ2v) is 2.38. The summed E-state index contributed by atoms with van der Waals surface area (Å²) in [7, 11) is 0. The molecule has 0 aromatic heterocycles. The van der Waals surface area contributed by atoms with E-state index in [4.69, 9.17) is 28.2 Å². The van der Waals surface area contributed by atoms with Crippen LogP contribution in [-0.2, 0) is 0 Å². The van der Waals surface area contributed by atoms with Gasteiger partial charge in [-0.1, -0.05) is 6.92 Å². The molecule has 0 radical (unpaired) electrons. The lowest BCUT2D eigenvalue weighted by molar-refractivity contribution is 0.219. The van der Waals surface area contributed by atoms with E-state index in [0.29, 0.717) is 5.88 Å². The molecule has 0 amide bonds. The Labute approximate surface area is 67.3 Å². The monoisotopic (exact) mass is 168 g/mol. The summed E-state index contributed by atoms with van der Waals surface area (Å²) in [5, 5.41) is 8.23. The molecule has 0 aromatic carbocycles. The van der Waals surface area contributed by atoms with Gasteiger partial charge in [-0.05, 0) is 13.3 Å². The van der Waals surface area contributed by atoms with Gasteiger partial charge in [-0.15, -0.1) is 11.6 Å². The summed E-state index contributed by atoms with van der Waals surface area (Å²) in [6.07, 6.45) is 0.395. The lowest BCUT2D eigenvalue weighted by atomic mass is 10.4. The molecule has 0 bridgehead atoms. The van der Waals surface area contributed by atoms with E-state index >= 15 is 0 Å². The summed E-state index contributed by atoms with van der Waals surface area (Å²) >= 11 is 5.09. The fraction of sp³-hybridized carbons (Fsp3) is 1.00. The number of hydrogen-bond donors (Lipinski definition) is 3. The molecule has 0 spiro atoms. The number of halogens is 1. The van der Waals surface area contributed by atoms with E-state index in [-0.39, 0.29) is 12.3 Å². The molecule has 3 nitrogen and oxygen atoms in total. The van der Waals surface area contributed by atoms with Gasteiger partial charge in [0.25, 0.3) is 0 Å². The van der Waals surface area contributed by atoms with E-state index in [1.807, 2.05) is 6.92 Å². The third-order valence-electron chi connectivity index (χ3n) is 0.695. The highest BCUT2D eigenvalue weighted by Crippen LogP contribution is 1.80. The molecule has 4 heteroatoms. The summed E-state index contributed by atoms with van der Waals surface area (Å²) in [4.78, 5) is 0. The first-order valence-corrected chi connectivity index (χ1v) is 3.83. The van der Waals surface area contributed by atoms with Crippen molar-refractivity contribution in [3.05, 3.63) is 0 Å². The van der Waals surface area contributed by atoms with Crippen LogP contribution in [-0.4, -0.2) is 23.3 Å².